The van der Waals surface area contributed by atoms with Crippen LogP contribution in [0.25, 0.3) is 11.0 Å². The highest BCUT2D eigenvalue weighted by Gasteiger charge is 2.42. The molecule has 1 saturated carbocycles. The van der Waals surface area contributed by atoms with Gasteiger partial charge in [-0.05, 0) is 55.8 Å². The zero-order chi connectivity index (χ0) is 21.3. The van der Waals surface area contributed by atoms with Crippen LogP contribution in [0, 0.1) is 11.8 Å². The van der Waals surface area contributed by atoms with E-state index in [9.17, 15) is 9.90 Å². The van der Waals surface area contributed by atoms with E-state index >= 15 is 0 Å². The number of carbonyl (C=O) groups excluding carboxylic acids is 1. The summed E-state index contributed by atoms with van der Waals surface area (Å²) in [5.74, 6) is 1.83. The van der Waals surface area contributed by atoms with Crippen LogP contribution in [0.4, 0.5) is 0 Å². The lowest BCUT2D eigenvalue weighted by Gasteiger charge is -2.37. The van der Waals surface area contributed by atoms with Crippen LogP contribution in [0.1, 0.15) is 49.3 Å². The first-order chi connectivity index (χ1) is 14.5. The van der Waals surface area contributed by atoms with Gasteiger partial charge in [-0.15, -0.1) is 0 Å². The standard InChI is InChI=1S/C23H34N4O3/c1-15(2)10-22-25-18-5-4-17(13-19(18)26(22)7-3-6-24)23(29)27-8-9-30-21-12-16(14-28)11-20(21)27/h4-5,13,15-16,20-21,28H,3,6-12,14,24H2,1-2H3/t16-,20+,21+/m1/s1. The van der Waals surface area contributed by atoms with Gasteiger partial charge in [0, 0.05) is 31.7 Å². The molecule has 1 aromatic carbocycles. The SMILES string of the molecule is CC(C)Cc1nc2ccc(C(=O)N3CCO[C@H]4C[C@H](CO)C[C@@H]43)cc2n1CCCN. The molecule has 3 N–H and O–H groups in total. The van der Waals surface area contributed by atoms with Crippen molar-refractivity contribution < 1.29 is 14.6 Å². The van der Waals surface area contributed by atoms with Crippen molar-refractivity contribution >= 4 is 16.9 Å². The lowest BCUT2D eigenvalue weighted by molar-refractivity contribution is -0.0448. The summed E-state index contributed by atoms with van der Waals surface area (Å²) in [4.78, 5) is 20.3. The number of aliphatic hydroxyl groups excluding tert-OH is 1. The number of morpholine rings is 1. The molecular weight excluding hydrogens is 380 g/mol. The van der Waals surface area contributed by atoms with Crippen LogP contribution in [0.2, 0.25) is 0 Å². The highest BCUT2D eigenvalue weighted by atomic mass is 16.5. The van der Waals surface area contributed by atoms with E-state index in [0.29, 0.717) is 31.2 Å². The number of hydrogen-bond donors (Lipinski definition) is 2. The lowest BCUT2D eigenvalue weighted by Crippen LogP contribution is -2.51. The summed E-state index contributed by atoms with van der Waals surface area (Å²) in [6.45, 7) is 7.13. The monoisotopic (exact) mass is 414 g/mol. The van der Waals surface area contributed by atoms with Gasteiger partial charge in [0.1, 0.15) is 5.82 Å². The third-order valence-corrected chi connectivity index (χ3v) is 6.40. The molecule has 7 nitrogen and oxygen atoms in total. The van der Waals surface area contributed by atoms with Crippen LogP contribution in [0.15, 0.2) is 18.2 Å². The van der Waals surface area contributed by atoms with E-state index in [1.165, 1.54) is 0 Å². The van der Waals surface area contributed by atoms with E-state index in [1.807, 2.05) is 23.1 Å². The summed E-state index contributed by atoms with van der Waals surface area (Å²) in [7, 11) is 0. The molecule has 0 radical (unpaired) electrons. The Morgan fingerprint density at radius 1 is 1.37 bits per heavy atom. The van der Waals surface area contributed by atoms with Crippen molar-refractivity contribution in [3.05, 3.63) is 29.6 Å². The zero-order valence-electron chi connectivity index (χ0n) is 18.1. The Hall–Kier alpha value is -1.96. The normalized spacial score (nSPS) is 24.0. The molecule has 2 heterocycles. The number of nitrogens with zero attached hydrogens (tertiary/aromatic N) is 3. The highest BCUT2D eigenvalue weighted by Crippen LogP contribution is 2.35. The number of carbonyl (C=O) groups is 1. The molecule has 0 spiro atoms. The minimum atomic E-state index is 0.0382. The van der Waals surface area contributed by atoms with Gasteiger partial charge in [0.05, 0.1) is 29.8 Å². The van der Waals surface area contributed by atoms with Crippen LogP contribution in [0.5, 0.6) is 0 Å². The van der Waals surface area contributed by atoms with Crippen molar-refractivity contribution in [3.8, 4) is 0 Å². The van der Waals surface area contributed by atoms with Crippen LogP contribution in [-0.2, 0) is 17.7 Å². The summed E-state index contributed by atoms with van der Waals surface area (Å²) in [5.41, 5.74) is 8.40. The molecule has 2 fully saturated rings. The predicted octanol–water partition coefficient (Wildman–Crippen LogP) is 2.20. The smallest absolute Gasteiger partial charge is 0.254 e. The van der Waals surface area contributed by atoms with Crippen molar-refractivity contribution in [1.82, 2.24) is 14.5 Å². The van der Waals surface area contributed by atoms with Gasteiger partial charge in [-0.25, -0.2) is 4.98 Å². The fraction of sp³-hybridized carbons (Fsp3) is 0.652. The fourth-order valence-electron chi connectivity index (χ4n) is 4.94. The van der Waals surface area contributed by atoms with Gasteiger partial charge in [0.2, 0.25) is 0 Å². The van der Waals surface area contributed by atoms with Gasteiger partial charge < -0.3 is 25.0 Å². The lowest BCUT2D eigenvalue weighted by atomic mass is 10.1. The average Bonchev–Trinajstić information content (AvgIpc) is 3.31. The molecule has 7 heteroatoms. The second-order valence-electron chi connectivity index (χ2n) is 9.12. The number of aliphatic hydroxyl groups is 1. The largest absolute Gasteiger partial charge is 0.396 e. The molecule has 2 aromatic rings. The summed E-state index contributed by atoms with van der Waals surface area (Å²) in [6.07, 6.45) is 3.45. The Morgan fingerprint density at radius 2 is 2.20 bits per heavy atom. The van der Waals surface area contributed by atoms with Crippen molar-refractivity contribution in [1.29, 1.82) is 0 Å². The van der Waals surface area contributed by atoms with E-state index in [-0.39, 0.29) is 30.6 Å². The third-order valence-electron chi connectivity index (χ3n) is 6.40. The molecule has 4 rings (SSSR count). The number of hydrogen-bond acceptors (Lipinski definition) is 5. The summed E-state index contributed by atoms with van der Waals surface area (Å²) in [6, 6.07) is 5.91. The fourth-order valence-corrected chi connectivity index (χ4v) is 4.94. The van der Waals surface area contributed by atoms with Crippen molar-refractivity contribution in [3.63, 3.8) is 0 Å². The van der Waals surface area contributed by atoms with Gasteiger partial charge in [-0.1, -0.05) is 13.8 Å². The number of amides is 1. The van der Waals surface area contributed by atoms with Crippen molar-refractivity contribution in [2.45, 2.75) is 58.2 Å². The number of ether oxygens (including phenoxy) is 1. The van der Waals surface area contributed by atoms with E-state index < -0.39 is 0 Å². The molecule has 1 amide bonds. The third kappa shape index (κ3) is 4.11. The molecule has 2 aliphatic rings. The number of fused-ring (bicyclic) bond motifs is 2. The van der Waals surface area contributed by atoms with E-state index in [4.69, 9.17) is 15.5 Å². The first-order valence-electron chi connectivity index (χ1n) is 11.2. The Balaban J connectivity index is 1.64. The molecule has 1 aromatic heterocycles. The Morgan fingerprint density at radius 3 is 2.93 bits per heavy atom. The second-order valence-corrected chi connectivity index (χ2v) is 9.12. The minimum absolute atomic E-state index is 0.0382. The summed E-state index contributed by atoms with van der Waals surface area (Å²) >= 11 is 0. The first-order valence-corrected chi connectivity index (χ1v) is 11.2. The van der Waals surface area contributed by atoms with Crippen LogP contribution < -0.4 is 5.73 Å². The maximum atomic E-state index is 13.4. The Kier molecular flexibility index (Phi) is 6.41. The van der Waals surface area contributed by atoms with Gasteiger partial charge in [-0.2, -0.15) is 0 Å². The van der Waals surface area contributed by atoms with Crippen molar-refractivity contribution in [2.75, 3.05) is 26.3 Å². The molecule has 3 atom stereocenters. The molecule has 30 heavy (non-hydrogen) atoms. The average molecular weight is 415 g/mol. The van der Waals surface area contributed by atoms with Crippen LogP contribution in [0.3, 0.4) is 0 Å². The number of rotatable bonds is 7. The molecule has 0 bridgehead atoms. The number of imidazole rings is 1. The Bertz CT molecular complexity index is 894. The molecule has 1 saturated heterocycles. The highest BCUT2D eigenvalue weighted by molar-refractivity contribution is 5.97. The van der Waals surface area contributed by atoms with E-state index in [2.05, 4.69) is 18.4 Å². The topological polar surface area (TPSA) is 93.6 Å². The number of aromatic nitrogens is 2. The zero-order valence-corrected chi connectivity index (χ0v) is 18.1. The summed E-state index contributed by atoms with van der Waals surface area (Å²) < 4.78 is 8.13. The number of aryl methyl sites for hydroxylation is 1. The number of nitrogens with two attached hydrogens (primary N) is 1. The minimum Gasteiger partial charge on any atom is -0.396 e. The molecule has 164 valence electrons. The Labute approximate surface area is 178 Å². The molecular formula is C23H34N4O3. The van der Waals surface area contributed by atoms with Gasteiger partial charge >= 0.3 is 0 Å². The molecule has 1 aliphatic heterocycles. The summed E-state index contributed by atoms with van der Waals surface area (Å²) in [5, 5.41) is 9.56. The maximum absolute atomic E-state index is 13.4. The van der Waals surface area contributed by atoms with E-state index in [1.54, 1.807) is 0 Å². The number of benzene rings is 1. The van der Waals surface area contributed by atoms with Gasteiger partial charge in [0.15, 0.2) is 0 Å². The molecule has 1 aliphatic carbocycles. The maximum Gasteiger partial charge on any atom is 0.254 e. The van der Waals surface area contributed by atoms with Gasteiger partial charge in [0.25, 0.3) is 5.91 Å². The van der Waals surface area contributed by atoms with Crippen LogP contribution in [-0.4, -0.2) is 63.9 Å². The van der Waals surface area contributed by atoms with Crippen molar-refractivity contribution in [2.24, 2.45) is 17.6 Å². The predicted molar refractivity (Wildman–Crippen MR) is 116 cm³/mol. The van der Waals surface area contributed by atoms with Gasteiger partial charge in [-0.3, -0.25) is 4.79 Å². The molecule has 0 unspecified atom stereocenters. The second kappa shape index (κ2) is 9.04. The van der Waals surface area contributed by atoms with E-state index in [0.717, 1.165) is 49.1 Å². The quantitative estimate of drug-likeness (QED) is 0.724. The van der Waals surface area contributed by atoms with Crippen LogP contribution >= 0.6 is 0 Å². The first kappa shape index (κ1) is 21.3.